The number of fused-ring (bicyclic) bond motifs is 1. The molecule has 31 heavy (non-hydrogen) atoms. The monoisotopic (exact) mass is 451 g/mol. The summed E-state index contributed by atoms with van der Waals surface area (Å²) in [5.41, 5.74) is 1.37. The maximum absolute atomic E-state index is 8.63. The highest BCUT2D eigenvalue weighted by Crippen LogP contribution is 2.13. The lowest BCUT2D eigenvalue weighted by atomic mass is 10.0. The average molecular weight is 452 g/mol. The smallest absolute Gasteiger partial charge is 0.215 e. The fourth-order valence-electron chi connectivity index (χ4n) is 3.89. The van der Waals surface area contributed by atoms with E-state index in [-0.39, 0.29) is 0 Å². The van der Waals surface area contributed by atoms with Gasteiger partial charge in [0.15, 0.2) is 6.20 Å². The highest BCUT2D eigenvalue weighted by atomic mass is 32.3. The van der Waals surface area contributed by atoms with Gasteiger partial charge in [-0.2, -0.15) is 4.57 Å². The van der Waals surface area contributed by atoms with Gasteiger partial charge in [0.2, 0.25) is 15.9 Å². The van der Waals surface area contributed by atoms with E-state index in [4.69, 9.17) is 17.5 Å². The van der Waals surface area contributed by atoms with E-state index in [1.165, 1.54) is 101 Å². The van der Waals surface area contributed by atoms with Crippen molar-refractivity contribution in [3.05, 3.63) is 42.6 Å². The van der Waals surface area contributed by atoms with Gasteiger partial charge < -0.3 is 4.55 Å². The highest BCUT2D eigenvalue weighted by molar-refractivity contribution is 7.79. The van der Waals surface area contributed by atoms with Crippen LogP contribution in [0.25, 0.3) is 10.9 Å². The largest absolute Gasteiger partial charge is 0.726 e. The molecule has 0 atom stereocenters. The third-order valence-electron chi connectivity index (χ3n) is 5.54. The van der Waals surface area contributed by atoms with Gasteiger partial charge in [0.1, 0.15) is 6.54 Å². The van der Waals surface area contributed by atoms with Gasteiger partial charge in [-0.15, -0.1) is 0 Å². The number of aryl methyl sites for hydroxylation is 1. The molecular formula is C25H41NO4S. The van der Waals surface area contributed by atoms with Crippen molar-refractivity contribution >= 4 is 21.3 Å². The number of benzene rings is 1. The Hall–Kier alpha value is -1.50. The van der Waals surface area contributed by atoms with Crippen LogP contribution in [0.5, 0.6) is 0 Å². The van der Waals surface area contributed by atoms with Crippen molar-refractivity contribution in [2.24, 2.45) is 0 Å². The fraction of sp³-hybridized carbons (Fsp3) is 0.640. The molecule has 0 fully saturated rings. The number of unbranched alkanes of at least 4 members (excludes halogenated alkanes) is 13. The van der Waals surface area contributed by atoms with Crippen molar-refractivity contribution < 1.29 is 22.1 Å². The van der Waals surface area contributed by atoms with Crippen molar-refractivity contribution in [1.82, 2.24) is 0 Å². The maximum atomic E-state index is 8.63. The summed E-state index contributed by atoms with van der Waals surface area (Å²) in [6.45, 7) is 3.45. The van der Waals surface area contributed by atoms with E-state index in [9.17, 15) is 0 Å². The predicted octanol–water partition coefficient (Wildman–Crippen LogP) is 6.61. The van der Waals surface area contributed by atoms with Gasteiger partial charge in [-0.3, -0.25) is 4.55 Å². The van der Waals surface area contributed by atoms with Gasteiger partial charge in [-0.1, -0.05) is 96.1 Å². The van der Waals surface area contributed by atoms with E-state index in [0.717, 1.165) is 6.54 Å². The molecule has 5 nitrogen and oxygen atoms in total. The van der Waals surface area contributed by atoms with Crippen molar-refractivity contribution in [2.45, 2.75) is 103 Å². The van der Waals surface area contributed by atoms with E-state index in [1.54, 1.807) is 0 Å². The SMILES string of the molecule is CCCCCCCCCCCCCCCC[n+]1cccc2ccccc21.O=S(=O)([O-])O. The molecule has 1 aromatic heterocycles. The first-order valence-electron chi connectivity index (χ1n) is 12.0. The van der Waals surface area contributed by atoms with Crippen LogP contribution in [0.2, 0.25) is 0 Å². The van der Waals surface area contributed by atoms with Crippen LogP contribution in [-0.2, 0) is 16.9 Å². The minimum atomic E-state index is -4.92. The summed E-state index contributed by atoms with van der Waals surface area (Å²) in [4.78, 5) is 0. The van der Waals surface area contributed by atoms with Gasteiger partial charge in [0.25, 0.3) is 0 Å². The zero-order chi connectivity index (χ0) is 22.8. The normalized spacial score (nSPS) is 11.3. The summed E-state index contributed by atoms with van der Waals surface area (Å²) < 4.78 is 35.2. The molecule has 0 aliphatic carbocycles. The van der Waals surface area contributed by atoms with Crippen molar-refractivity contribution in [3.63, 3.8) is 0 Å². The molecule has 0 unspecified atom stereocenters. The molecule has 1 aromatic carbocycles. The van der Waals surface area contributed by atoms with Gasteiger partial charge in [-0.25, -0.2) is 8.42 Å². The summed E-state index contributed by atoms with van der Waals surface area (Å²) in [7, 11) is -4.92. The summed E-state index contributed by atoms with van der Waals surface area (Å²) in [6.07, 6.45) is 22.2. The molecule has 0 saturated carbocycles. The molecule has 2 aromatic rings. The number of para-hydroxylation sites is 1. The molecule has 0 aliphatic heterocycles. The first kappa shape index (κ1) is 27.5. The van der Waals surface area contributed by atoms with Gasteiger partial charge in [-0.05, 0) is 18.6 Å². The van der Waals surface area contributed by atoms with Crippen molar-refractivity contribution in [3.8, 4) is 0 Å². The second-order valence-electron chi connectivity index (χ2n) is 8.28. The second-order valence-corrected chi connectivity index (χ2v) is 9.14. The fourth-order valence-corrected chi connectivity index (χ4v) is 3.89. The summed E-state index contributed by atoms with van der Waals surface area (Å²) >= 11 is 0. The molecule has 1 heterocycles. The molecule has 2 rings (SSSR count). The van der Waals surface area contributed by atoms with E-state index in [2.05, 4.69) is 54.1 Å². The Balaban J connectivity index is 0.000000861. The van der Waals surface area contributed by atoms with Crippen molar-refractivity contribution in [1.29, 1.82) is 0 Å². The standard InChI is InChI=1S/C25H40N.H2O4S/c1-2-3-4-5-6-7-8-9-10-11-12-13-14-17-22-26-23-18-20-24-19-15-16-21-25(24)26;1-5(2,3)4/h15-16,18-21,23H,2-14,17,22H2,1H3;(H2,1,2,3,4)/q+1;/p-1. The Bertz CT molecular complexity index is 795. The van der Waals surface area contributed by atoms with Crippen LogP contribution in [0, 0.1) is 0 Å². The minimum Gasteiger partial charge on any atom is -0.726 e. The van der Waals surface area contributed by atoms with E-state index >= 15 is 0 Å². The van der Waals surface area contributed by atoms with Gasteiger partial charge in [0.05, 0.1) is 0 Å². The third kappa shape index (κ3) is 15.9. The number of aromatic nitrogens is 1. The molecule has 0 radical (unpaired) electrons. The van der Waals surface area contributed by atoms with Crippen LogP contribution in [0.4, 0.5) is 0 Å². The quantitative estimate of drug-likeness (QED) is 0.143. The van der Waals surface area contributed by atoms with Gasteiger partial charge >= 0.3 is 0 Å². The second kappa shape index (κ2) is 17.1. The molecule has 176 valence electrons. The van der Waals surface area contributed by atoms with Crippen LogP contribution >= 0.6 is 0 Å². The van der Waals surface area contributed by atoms with Crippen LogP contribution in [-0.4, -0.2) is 17.5 Å². The molecule has 0 bridgehead atoms. The maximum Gasteiger partial charge on any atom is 0.215 e. The first-order valence-corrected chi connectivity index (χ1v) is 13.3. The Kier molecular flexibility index (Phi) is 15.2. The lowest BCUT2D eigenvalue weighted by Gasteiger charge is -2.03. The van der Waals surface area contributed by atoms with Crippen LogP contribution in [0.1, 0.15) is 96.8 Å². The molecular weight excluding hydrogens is 410 g/mol. The third-order valence-corrected chi connectivity index (χ3v) is 5.54. The summed E-state index contributed by atoms with van der Waals surface area (Å²) in [5.74, 6) is 0. The predicted molar refractivity (Wildman–Crippen MR) is 127 cm³/mol. The summed E-state index contributed by atoms with van der Waals surface area (Å²) in [5, 5.41) is 1.35. The topological polar surface area (TPSA) is 81.3 Å². The van der Waals surface area contributed by atoms with Crippen LogP contribution < -0.4 is 4.57 Å². The van der Waals surface area contributed by atoms with Crippen LogP contribution in [0.3, 0.4) is 0 Å². The molecule has 6 heteroatoms. The first-order chi connectivity index (χ1) is 14.9. The molecule has 0 saturated heterocycles. The lowest BCUT2D eigenvalue weighted by Crippen LogP contribution is -2.33. The number of nitrogens with zero attached hydrogens (tertiary/aromatic N) is 1. The molecule has 0 spiro atoms. The Labute approximate surface area is 189 Å². The zero-order valence-corrected chi connectivity index (χ0v) is 20.0. The van der Waals surface area contributed by atoms with Gasteiger partial charge in [0, 0.05) is 23.9 Å². The number of hydrogen-bond donors (Lipinski definition) is 1. The highest BCUT2D eigenvalue weighted by Gasteiger charge is 2.06. The Morgan fingerprint density at radius 3 is 1.68 bits per heavy atom. The molecule has 0 aliphatic rings. The Morgan fingerprint density at radius 2 is 1.16 bits per heavy atom. The summed E-state index contributed by atoms with van der Waals surface area (Å²) in [6, 6.07) is 13.1. The lowest BCUT2D eigenvalue weighted by molar-refractivity contribution is -0.671. The number of pyridine rings is 1. The Morgan fingerprint density at radius 1 is 0.742 bits per heavy atom. The molecule has 1 N–H and O–H groups in total. The van der Waals surface area contributed by atoms with E-state index in [0.29, 0.717) is 0 Å². The minimum absolute atomic E-state index is 1.15. The zero-order valence-electron chi connectivity index (χ0n) is 19.2. The number of hydrogen-bond acceptors (Lipinski definition) is 3. The van der Waals surface area contributed by atoms with E-state index in [1.807, 2.05) is 0 Å². The average Bonchev–Trinajstić information content (AvgIpc) is 2.73. The van der Waals surface area contributed by atoms with Crippen molar-refractivity contribution in [2.75, 3.05) is 0 Å². The van der Waals surface area contributed by atoms with Crippen LogP contribution in [0.15, 0.2) is 42.6 Å². The molecule has 0 amide bonds. The number of rotatable bonds is 15. The van der Waals surface area contributed by atoms with E-state index < -0.39 is 10.4 Å².